The molecular weight excluding hydrogens is 432 g/mol. The molecule has 7 nitrogen and oxygen atoms in total. The Kier molecular flexibility index (Phi) is 7.17. The highest BCUT2D eigenvalue weighted by Gasteiger charge is 2.18. The maximum absolute atomic E-state index is 12.5. The van der Waals surface area contributed by atoms with E-state index in [-0.39, 0.29) is 29.2 Å². The van der Waals surface area contributed by atoms with Crippen LogP contribution in [-0.4, -0.2) is 40.3 Å². The Bertz CT molecular complexity index is 1220. The Morgan fingerprint density at radius 2 is 1.66 bits per heavy atom. The molecule has 0 radical (unpaired) electrons. The standard InChI is InChI=1S/C24H24O7S/c1-16-4-8-20(9-5-16)32(27,28)31-13-12-17-14-19(29-2)7-10-21(17)22-15-18(24(26)30-3)6-11-23(22)25/h4-11,14-15,25H,12-13H2,1-3H3. The van der Waals surface area contributed by atoms with Gasteiger partial charge in [0.25, 0.3) is 10.1 Å². The molecule has 0 bridgehead atoms. The Hall–Kier alpha value is -3.36. The van der Waals surface area contributed by atoms with Gasteiger partial charge < -0.3 is 14.6 Å². The molecule has 0 saturated heterocycles. The topological polar surface area (TPSA) is 99.1 Å². The van der Waals surface area contributed by atoms with E-state index in [2.05, 4.69) is 0 Å². The first kappa shape index (κ1) is 23.3. The predicted octanol–water partition coefficient (Wildman–Crippen LogP) is 4.11. The molecule has 8 heteroatoms. The smallest absolute Gasteiger partial charge is 0.337 e. The van der Waals surface area contributed by atoms with Crippen molar-refractivity contribution in [2.45, 2.75) is 18.2 Å². The van der Waals surface area contributed by atoms with E-state index in [0.717, 1.165) is 5.56 Å². The lowest BCUT2D eigenvalue weighted by molar-refractivity contribution is 0.0600. The zero-order valence-electron chi connectivity index (χ0n) is 18.0. The van der Waals surface area contributed by atoms with E-state index >= 15 is 0 Å². The highest BCUT2D eigenvalue weighted by molar-refractivity contribution is 7.86. The Morgan fingerprint density at radius 1 is 0.938 bits per heavy atom. The summed E-state index contributed by atoms with van der Waals surface area (Å²) in [5.74, 6) is -0.000134. The summed E-state index contributed by atoms with van der Waals surface area (Å²) in [6.07, 6.45) is 0.222. The molecule has 0 atom stereocenters. The van der Waals surface area contributed by atoms with E-state index in [1.165, 1.54) is 44.6 Å². The van der Waals surface area contributed by atoms with E-state index in [4.69, 9.17) is 13.7 Å². The van der Waals surface area contributed by atoms with Gasteiger partial charge in [-0.2, -0.15) is 8.42 Å². The van der Waals surface area contributed by atoms with Crippen molar-refractivity contribution in [2.24, 2.45) is 0 Å². The average molecular weight is 457 g/mol. The van der Waals surface area contributed by atoms with Gasteiger partial charge in [0.15, 0.2) is 0 Å². The molecule has 0 aromatic heterocycles. The van der Waals surface area contributed by atoms with E-state index in [9.17, 15) is 18.3 Å². The summed E-state index contributed by atoms with van der Waals surface area (Å²) in [6, 6.07) is 16.0. The quantitative estimate of drug-likeness (QED) is 0.402. The predicted molar refractivity (Wildman–Crippen MR) is 119 cm³/mol. The molecule has 0 aliphatic rings. The Labute approximate surface area is 187 Å². The number of carbonyl (C=O) groups excluding carboxylic acids is 1. The molecule has 0 saturated carbocycles. The molecular formula is C24H24O7S. The molecule has 0 heterocycles. The van der Waals surface area contributed by atoms with Crippen LogP contribution in [0.3, 0.4) is 0 Å². The van der Waals surface area contributed by atoms with Crippen LogP contribution < -0.4 is 4.74 Å². The number of hydrogen-bond donors (Lipinski definition) is 1. The number of methoxy groups -OCH3 is 2. The van der Waals surface area contributed by atoms with Gasteiger partial charge in [-0.25, -0.2) is 4.79 Å². The number of rotatable bonds is 8. The molecule has 168 valence electrons. The van der Waals surface area contributed by atoms with E-state index in [0.29, 0.717) is 22.4 Å². The lowest BCUT2D eigenvalue weighted by Gasteiger charge is -2.14. The number of hydrogen-bond acceptors (Lipinski definition) is 7. The number of phenolic OH excluding ortho intramolecular Hbond substituents is 1. The van der Waals surface area contributed by atoms with E-state index in [1.54, 1.807) is 30.3 Å². The van der Waals surface area contributed by atoms with Crippen molar-refractivity contribution in [1.82, 2.24) is 0 Å². The summed E-state index contributed by atoms with van der Waals surface area (Å²) in [7, 11) is -1.11. The monoisotopic (exact) mass is 456 g/mol. The van der Waals surface area contributed by atoms with Crippen LogP contribution in [0.2, 0.25) is 0 Å². The maximum Gasteiger partial charge on any atom is 0.337 e. The van der Waals surface area contributed by atoms with Crippen LogP contribution in [-0.2, 0) is 25.5 Å². The second kappa shape index (κ2) is 9.84. The van der Waals surface area contributed by atoms with Crippen LogP contribution in [0.5, 0.6) is 11.5 Å². The zero-order chi connectivity index (χ0) is 23.3. The summed E-state index contributed by atoms with van der Waals surface area (Å²) < 4.78 is 40.2. The molecule has 0 aliphatic heterocycles. The first-order valence-corrected chi connectivity index (χ1v) is 11.2. The average Bonchev–Trinajstić information content (AvgIpc) is 2.79. The fraction of sp³-hybridized carbons (Fsp3) is 0.208. The van der Waals surface area contributed by atoms with Crippen LogP contribution in [0.25, 0.3) is 11.1 Å². The van der Waals surface area contributed by atoms with Crippen LogP contribution >= 0.6 is 0 Å². The fourth-order valence-corrected chi connectivity index (χ4v) is 4.11. The lowest BCUT2D eigenvalue weighted by atomic mass is 9.95. The first-order valence-electron chi connectivity index (χ1n) is 9.80. The number of aromatic hydroxyl groups is 1. The van der Waals surface area contributed by atoms with Crippen molar-refractivity contribution < 1.29 is 32.0 Å². The largest absolute Gasteiger partial charge is 0.507 e. The molecule has 0 amide bonds. The van der Waals surface area contributed by atoms with Crippen molar-refractivity contribution >= 4 is 16.1 Å². The van der Waals surface area contributed by atoms with E-state index < -0.39 is 16.1 Å². The van der Waals surface area contributed by atoms with Gasteiger partial charge in [-0.3, -0.25) is 4.18 Å². The van der Waals surface area contributed by atoms with Crippen molar-refractivity contribution in [2.75, 3.05) is 20.8 Å². The van der Waals surface area contributed by atoms with Crippen molar-refractivity contribution in [1.29, 1.82) is 0 Å². The van der Waals surface area contributed by atoms with Gasteiger partial charge in [0.2, 0.25) is 0 Å². The zero-order valence-corrected chi connectivity index (χ0v) is 18.8. The van der Waals surface area contributed by atoms with Crippen LogP contribution in [0.1, 0.15) is 21.5 Å². The number of phenols is 1. The van der Waals surface area contributed by atoms with Gasteiger partial charge in [0, 0.05) is 5.56 Å². The molecule has 3 rings (SSSR count). The number of ether oxygens (including phenoxy) is 2. The van der Waals surface area contributed by atoms with E-state index in [1.807, 2.05) is 6.92 Å². The maximum atomic E-state index is 12.5. The summed E-state index contributed by atoms with van der Waals surface area (Å²) in [5.41, 5.74) is 2.93. The third-order valence-corrected chi connectivity index (χ3v) is 6.27. The summed E-state index contributed by atoms with van der Waals surface area (Å²) in [4.78, 5) is 12.0. The SMILES string of the molecule is COC(=O)c1ccc(O)c(-c2ccc(OC)cc2CCOS(=O)(=O)c2ccc(C)cc2)c1. The van der Waals surface area contributed by atoms with Gasteiger partial charge in [0.1, 0.15) is 11.5 Å². The van der Waals surface area contributed by atoms with Crippen LogP contribution in [0.15, 0.2) is 65.6 Å². The van der Waals surface area contributed by atoms with Gasteiger partial charge in [-0.1, -0.05) is 23.8 Å². The summed E-state index contributed by atoms with van der Waals surface area (Å²) in [6.45, 7) is 1.75. The second-order valence-corrected chi connectivity index (χ2v) is 8.70. The number of benzene rings is 3. The number of aryl methyl sites for hydroxylation is 1. The van der Waals surface area contributed by atoms with Crippen molar-refractivity contribution in [3.63, 3.8) is 0 Å². The number of carbonyl (C=O) groups is 1. The Balaban J connectivity index is 1.89. The molecule has 3 aromatic carbocycles. The first-order chi connectivity index (χ1) is 15.2. The molecule has 3 aromatic rings. The Morgan fingerprint density at radius 3 is 2.31 bits per heavy atom. The molecule has 1 N–H and O–H groups in total. The molecule has 0 aliphatic carbocycles. The third kappa shape index (κ3) is 5.27. The van der Waals surface area contributed by atoms with Crippen LogP contribution in [0.4, 0.5) is 0 Å². The minimum absolute atomic E-state index is 0.0303. The van der Waals surface area contributed by atoms with Gasteiger partial charge in [-0.05, 0) is 66.9 Å². The minimum atomic E-state index is -3.91. The highest BCUT2D eigenvalue weighted by atomic mass is 32.2. The normalized spacial score (nSPS) is 11.2. The van der Waals surface area contributed by atoms with Crippen LogP contribution in [0, 0.1) is 6.92 Å². The third-order valence-electron chi connectivity index (χ3n) is 4.94. The summed E-state index contributed by atoms with van der Waals surface area (Å²) in [5, 5.41) is 10.4. The van der Waals surface area contributed by atoms with Gasteiger partial charge in [-0.15, -0.1) is 0 Å². The molecule has 0 fully saturated rings. The fourth-order valence-electron chi connectivity index (χ4n) is 3.20. The van der Waals surface area contributed by atoms with Gasteiger partial charge in [0.05, 0.1) is 31.3 Å². The van der Waals surface area contributed by atoms with Gasteiger partial charge >= 0.3 is 5.97 Å². The second-order valence-electron chi connectivity index (χ2n) is 7.09. The minimum Gasteiger partial charge on any atom is -0.507 e. The summed E-state index contributed by atoms with van der Waals surface area (Å²) >= 11 is 0. The lowest BCUT2D eigenvalue weighted by Crippen LogP contribution is -2.10. The molecule has 0 unspecified atom stereocenters. The van der Waals surface area contributed by atoms with Crippen molar-refractivity contribution in [3.8, 4) is 22.6 Å². The highest BCUT2D eigenvalue weighted by Crippen LogP contribution is 2.35. The molecule has 32 heavy (non-hydrogen) atoms. The molecule has 0 spiro atoms. The van der Waals surface area contributed by atoms with Crippen molar-refractivity contribution in [3.05, 3.63) is 77.4 Å². The number of esters is 1.